The maximum absolute atomic E-state index is 12.2. The zero-order chi connectivity index (χ0) is 20.9. The molecule has 151 valence electrons. The van der Waals surface area contributed by atoms with Crippen LogP contribution in [0.15, 0.2) is 55.1 Å². The average molecular weight is 395 g/mol. The zero-order valence-corrected chi connectivity index (χ0v) is 16.1. The summed E-state index contributed by atoms with van der Waals surface area (Å²) in [7, 11) is 0. The Morgan fingerprint density at radius 1 is 1.00 bits per heavy atom. The van der Waals surface area contributed by atoms with Crippen molar-refractivity contribution in [1.29, 1.82) is 0 Å². The molecule has 0 aliphatic carbocycles. The van der Waals surface area contributed by atoms with E-state index in [-0.39, 0.29) is 11.3 Å². The molecule has 2 rings (SSSR count). The van der Waals surface area contributed by atoms with E-state index in [2.05, 4.69) is 12.6 Å². The normalized spacial score (nSPS) is 10.1. The maximum Gasteiger partial charge on any atom is 0.343 e. The van der Waals surface area contributed by atoms with Crippen molar-refractivity contribution >= 4 is 18.2 Å². The molecule has 0 N–H and O–H groups in total. The van der Waals surface area contributed by atoms with Crippen LogP contribution >= 0.6 is 0 Å². The SMILES string of the molecule is C=CC(=O)OCCCCCCOc1ccc(C(=O)Oc2cc[c]cc2C=O)cc1. The predicted molar refractivity (Wildman–Crippen MR) is 107 cm³/mol. The average Bonchev–Trinajstić information content (AvgIpc) is 2.76. The number of hydrogen-bond donors (Lipinski definition) is 0. The first-order chi connectivity index (χ1) is 14.1. The van der Waals surface area contributed by atoms with Crippen molar-refractivity contribution in [2.24, 2.45) is 0 Å². The summed E-state index contributed by atoms with van der Waals surface area (Å²) in [6.45, 7) is 4.30. The van der Waals surface area contributed by atoms with Crippen LogP contribution in [0.4, 0.5) is 0 Å². The number of benzene rings is 2. The molecule has 29 heavy (non-hydrogen) atoms. The Balaban J connectivity index is 1.69. The summed E-state index contributed by atoms with van der Waals surface area (Å²) in [5.74, 6) is -0.0946. The molecular formula is C23H23O6. The lowest BCUT2D eigenvalue weighted by Gasteiger charge is -2.08. The standard InChI is InChI=1S/C23H23O6/c1-2-22(25)28-16-8-4-3-7-15-27-20-13-11-18(12-14-20)23(26)29-21-10-6-5-9-19(21)17-24/h2,6,9-14,17H,1,3-4,7-8,15-16H2. The fraction of sp³-hybridized carbons (Fsp3) is 0.261. The molecule has 0 aromatic heterocycles. The first kappa shape index (κ1) is 21.9. The molecule has 0 aliphatic rings. The highest BCUT2D eigenvalue weighted by molar-refractivity contribution is 5.92. The van der Waals surface area contributed by atoms with Crippen LogP contribution < -0.4 is 9.47 Å². The number of carbonyl (C=O) groups is 3. The second-order valence-corrected chi connectivity index (χ2v) is 6.13. The van der Waals surface area contributed by atoms with Crippen molar-refractivity contribution in [3.63, 3.8) is 0 Å². The van der Waals surface area contributed by atoms with Crippen LogP contribution in [0.2, 0.25) is 0 Å². The van der Waals surface area contributed by atoms with Gasteiger partial charge in [0.1, 0.15) is 11.5 Å². The lowest BCUT2D eigenvalue weighted by atomic mass is 10.2. The molecule has 0 amide bonds. The number of aldehydes is 1. The van der Waals surface area contributed by atoms with Gasteiger partial charge in [-0.15, -0.1) is 0 Å². The molecule has 2 aromatic carbocycles. The fourth-order valence-corrected chi connectivity index (χ4v) is 2.44. The van der Waals surface area contributed by atoms with Gasteiger partial charge in [-0.2, -0.15) is 0 Å². The molecule has 0 saturated heterocycles. The van der Waals surface area contributed by atoms with E-state index in [1.807, 2.05) is 0 Å². The Morgan fingerprint density at radius 2 is 1.72 bits per heavy atom. The van der Waals surface area contributed by atoms with E-state index in [0.717, 1.165) is 31.8 Å². The number of hydrogen-bond acceptors (Lipinski definition) is 6. The second-order valence-electron chi connectivity index (χ2n) is 6.13. The van der Waals surface area contributed by atoms with E-state index in [4.69, 9.17) is 14.2 Å². The number of esters is 2. The van der Waals surface area contributed by atoms with Crippen LogP contribution in [0.5, 0.6) is 11.5 Å². The summed E-state index contributed by atoms with van der Waals surface area (Å²) in [4.78, 5) is 34.1. The first-order valence-corrected chi connectivity index (χ1v) is 9.33. The van der Waals surface area contributed by atoms with E-state index in [1.54, 1.807) is 30.3 Å². The van der Waals surface area contributed by atoms with Gasteiger partial charge < -0.3 is 14.2 Å². The van der Waals surface area contributed by atoms with Crippen LogP contribution in [0.1, 0.15) is 46.4 Å². The summed E-state index contributed by atoms with van der Waals surface area (Å²) >= 11 is 0. The van der Waals surface area contributed by atoms with Gasteiger partial charge in [-0.25, -0.2) is 9.59 Å². The summed E-state index contributed by atoms with van der Waals surface area (Å²) in [5, 5.41) is 0. The van der Waals surface area contributed by atoms with Gasteiger partial charge in [0, 0.05) is 6.08 Å². The van der Waals surface area contributed by atoms with Crippen LogP contribution in [-0.4, -0.2) is 31.4 Å². The number of unbranched alkanes of at least 4 members (excludes halogenated alkanes) is 3. The highest BCUT2D eigenvalue weighted by Gasteiger charge is 2.11. The first-order valence-electron chi connectivity index (χ1n) is 9.33. The minimum atomic E-state index is -0.553. The smallest absolute Gasteiger partial charge is 0.343 e. The van der Waals surface area contributed by atoms with Crippen molar-refractivity contribution in [1.82, 2.24) is 0 Å². The topological polar surface area (TPSA) is 78.9 Å². The number of ether oxygens (including phenoxy) is 3. The van der Waals surface area contributed by atoms with Gasteiger partial charge in [0.15, 0.2) is 6.29 Å². The highest BCUT2D eigenvalue weighted by atomic mass is 16.5. The highest BCUT2D eigenvalue weighted by Crippen LogP contribution is 2.19. The summed E-state index contributed by atoms with van der Waals surface area (Å²) < 4.78 is 15.8. The van der Waals surface area contributed by atoms with Gasteiger partial charge in [0.05, 0.1) is 24.3 Å². The van der Waals surface area contributed by atoms with Crippen LogP contribution in [0.3, 0.4) is 0 Å². The molecule has 0 bridgehead atoms. The zero-order valence-electron chi connectivity index (χ0n) is 16.1. The molecule has 0 fully saturated rings. The third-order valence-corrected chi connectivity index (χ3v) is 3.99. The Morgan fingerprint density at radius 3 is 2.41 bits per heavy atom. The molecular weight excluding hydrogens is 372 g/mol. The fourth-order valence-electron chi connectivity index (χ4n) is 2.44. The van der Waals surface area contributed by atoms with Crippen molar-refractivity contribution in [2.45, 2.75) is 25.7 Å². The quantitative estimate of drug-likeness (QED) is 0.176. The number of rotatable bonds is 12. The monoisotopic (exact) mass is 395 g/mol. The molecule has 2 aromatic rings. The summed E-state index contributed by atoms with van der Waals surface area (Å²) in [6, 6.07) is 13.9. The third kappa shape index (κ3) is 7.62. The van der Waals surface area contributed by atoms with Gasteiger partial charge in [-0.05, 0) is 68.1 Å². The van der Waals surface area contributed by atoms with E-state index in [9.17, 15) is 14.4 Å². The Hall–Kier alpha value is -3.41. The van der Waals surface area contributed by atoms with Gasteiger partial charge >= 0.3 is 11.9 Å². The van der Waals surface area contributed by atoms with Gasteiger partial charge in [-0.1, -0.05) is 12.6 Å². The molecule has 1 radical (unpaired) electrons. The van der Waals surface area contributed by atoms with E-state index in [1.165, 1.54) is 12.1 Å². The third-order valence-electron chi connectivity index (χ3n) is 3.99. The van der Waals surface area contributed by atoms with Crippen LogP contribution in [0, 0.1) is 6.07 Å². The predicted octanol–water partition coefficient (Wildman–Crippen LogP) is 4.19. The van der Waals surface area contributed by atoms with E-state index < -0.39 is 11.9 Å². The Bertz CT molecular complexity index is 826. The minimum Gasteiger partial charge on any atom is -0.494 e. The van der Waals surface area contributed by atoms with Crippen molar-refractivity contribution in [3.8, 4) is 11.5 Å². The maximum atomic E-state index is 12.2. The minimum absolute atomic E-state index is 0.198. The lowest BCUT2D eigenvalue weighted by Crippen LogP contribution is -2.09. The van der Waals surface area contributed by atoms with Gasteiger partial charge in [0.2, 0.25) is 0 Å². The second kappa shape index (κ2) is 12.1. The lowest BCUT2D eigenvalue weighted by molar-refractivity contribution is -0.137. The molecule has 6 nitrogen and oxygen atoms in total. The van der Waals surface area contributed by atoms with Crippen molar-refractivity contribution < 1.29 is 28.6 Å². The van der Waals surface area contributed by atoms with Gasteiger partial charge in [-0.3, -0.25) is 4.79 Å². The van der Waals surface area contributed by atoms with Crippen molar-refractivity contribution in [2.75, 3.05) is 13.2 Å². The molecule has 0 spiro atoms. The molecule has 0 saturated carbocycles. The molecule has 0 unspecified atom stereocenters. The van der Waals surface area contributed by atoms with E-state index >= 15 is 0 Å². The Kier molecular flexibility index (Phi) is 9.15. The summed E-state index contributed by atoms with van der Waals surface area (Å²) in [5.41, 5.74) is 0.621. The molecule has 0 atom stereocenters. The largest absolute Gasteiger partial charge is 0.494 e. The van der Waals surface area contributed by atoms with Crippen LogP contribution in [0.25, 0.3) is 0 Å². The molecule has 0 heterocycles. The molecule has 0 aliphatic heterocycles. The van der Waals surface area contributed by atoms with Crippen LogP contribution in [-0.2, 0) is 9.53 Å². The van der Waals surface area contributed by atoms with Crippen molar-refractivity contribution in [3.05, 3.63) is 72.3 Å². The molecule has 6 heteroatoms. The Labute approximate surface area is 170 Å². The summed E-state index contributed by atoms with van der Waals surface area (Å²) in [6.07, 6.45) is 5.36. The van der Waals surface area contributed by atoms with Gasteiger partial charge in [0.25, 0.3) is 0 Å². The van der Waals surface area contributed by atoms with E-state index in [0.29, 0.717) is 30.8 Å². The number of carbonyl (C=O) groups excluding carboxylic acids is 3.